The molecule has 0 radical (unpaired) electrons. The molecule has 0 saturated heterocycles. The van der Waals surface area contributed by atoms with E-state index in [0.29, 0.717) is 17.4 Å². The van der Waals surface area contributed by atoms with Crippen LogP contribution in [0.25, 0.3) is 43.9 Å². The highest BCUT2D eigenvalue weighted by molar-refractivity contribution is 6.14. The van der Waals surface area contributed by atoms with Crippen LogP contribution < -0.4 is 0 Å². The van der Waals surface area contributed by atoms with Crippen LogP contribution in [0.3, 0.4) is 0 Å². The van der Waals surface area contributed by atoms with Gasteiger partial charge in [-0.2, -0.15) is 13.2 Å². The number of nitrogens with zero attached hydrogens (tertiary/aromatic N) is 1. The van der Waals surface area contributed by atoms with Gasteiger partial charge in [-0.3, -0.25) is 4.98 Å². The molecule has 1 nitrogen and oxygen atoms in total. The summed E-state index contributed by atoms with van der Waals surface area (Å²) in [6.07, 6.45) is -2.50. The van der Waals surface area contributed by atoms with Crippen molar-refractivity contribution in [1.29, 1.82) is 0 Å². The van der Waals surface area contributed by atoms with E-state index in [1.165, 1.54) is 23.3 Å². The van der Waals surface area contributed by atoms with Crippen molar-refractivity contribution in [3.05, 3.63) is 101 Å². The summed E-state index contributed by atoms with van der Waals surface area (Å²) in [7, 11) is 0. The number of alkyl halides is 3. The van der Waals surface area contributed by atoms with Crippen LogP contribution >= 0.6 is 0 Å². The van der Waals surface area contributed by atoms with E-state index in [1.807, 2.05) is 12.3 Å². The highest BCUT2D eigenvalue weighted by Crippen LogP contribution is 2.53. The molecule has 1 aliphatic carbocycles. The molecule has 1 heterocycles. The molecule has 6 rings (SSSR count). The molecule has 198 valence electrons. The zero-order valence-corrected chi connectivity index (χ0v) is 23.2. The SMILES string of the molecule is CC(C)c1cc(-c2nccc3c2ccc2c4c(ccc23)-c2cc(C(F)(F)F)ccc2C4(C)C)cc(C(C)C)c1. The van der Waals surface area contributed by atoms with Gasteiger partial charge in [0.25, 0.3) is 0 Å². The third kappa shape index (κ3) is 3.95. The van der Waals surface area contributed by atoms with Crippen LogP contribution in [0, 0.1) is 0 Å². The molecule has 0 saturated carbocycles. The Balaban J connectivity index is 1.59. The Kier molecular flexibility index (Phi) is 5.70. The van der Waals surface area contributed by atoms with Gasteiger partial charge < -0.3 is 0 Å². The van der Waals surface area contributed by atoms with Gasteiger partial charge in [0.05, 0.1) is 11.3 Å². The van der Waals surface area contributed by atoms with Gasteiger partial charge in [0.1, 0.15) is 0 Å². The number of hydrogen-bond acceptors (Lipinski definition) is 1. The first kappa shape index (κ1) is 25.6. The Morgan fingerprint density at radius 2 is 1.28 bits per heavy atom. The second kappa shape index (κ2) is 8.67. The summed E-state index contributed by atoms with van der Waals surface area (Å²) in [5, 5.41) is 4.35. The lowest BCUT2D eigenvalue weighted by Gasteiger charge is -2.24. The molecular weight excluding hydrogens is 491 g/mol. The maximum Gasteiger partial charge on any atom is 0.416 e. The van der Waals surface area contributed by atoms with Crippen molar-refractivity contribution in [1.82, 2.24) is 4.98 Å². The van der Waals surface area contributed by atoms with E-state index in [9.17, 15) is 13.2 Å². The first-order valence-electron chi connectivity index (χ1n) is 13.6. The van der Waals surface area contributed by atoms with Crippen LogP contribution in [0.2, 0.25) is 0 Å². The minimum Gasteiger partial charge on any atom is -0.256 e. The van der Waals surface area contributed by atoms with Gasteiger partial charge in [0, 0.05) is 22.6 Å². The molecule has 4 heteroatoms. The molecule has 1 aromatic heterocycles. The van der Waals surface area contributed by atoms with Crippen molar-refractivity contribution in [2.75, 3.05) is 0 Å². The topological polar surface area (TPSA) is 12.9 Å². The molecule has 0 fully saturated rings. The highest BCUT2D eigenvalue weighted by Gasteiger charge is 2.39. The predicted molar refractivity (Wildman–Crippen MR) is 155 cm³/mol. The third-order valence-corrected chi connectivity index (χ3v) is 8.46. The Hall–Kier alpha value is -3.66. The van der Waals surface area contributed by atoms with E-state index in [0.717, 1.165) is 49.5 Å². The highest BCUT2D eigenvalue weighted by atomic mass is 19.4. The third-order valence-electron chi connectivity index (χ3n) is 8.46. The number of aromatic nitrogens is 1. The van der Waals surface area contributed by atoms with Crippen LogP contribution in [-0.4, -0.2) is 4.98 Å². The number of hydrogen-bond donors (Lipinski definition) is 0. The van der Waals surface area contributed by atoms with Crippen LogP contribution in [0.5, 0.6) is 0 Å². The molecule has 0 atom stereocenters. The first-order valence-corrected chi connectivity index (χ1v) is 13.6. The lowest BCUT2D eigenvalue weighted by atomic mass is 9.79. The summed E-state index contributed by atoms with van der Waals surface area (Å²) in [4.78, 5) is 4.84. The van der Waals surface area contributed by atoms with Crippen molar-refractivity contribution in [3.8, 4) is 22.4 Å². The molecule has 0 amide bonds. The zero-order chi connectivity index (χ0) is 27.9. The molecule has 4 aromatic carbocycles. The first-order chi connectivity index (χ1) is 18.4. The van der Waals surface area contributed by atoms with Crippen molar-refractivity contribution in [3.63, 3.8) is 0 Å². The maximum absolute atomic E-state index is 13.6. The molecule has 0 N–H and O–H groups in total. The van der Waals surface area contributed by atoms with E-state index in [2.05, 4.69) is 84.0 Å². The van der Waals surface area contributed by atoms with Crippen LogP contribution in [0.1, 0.15) is 81.2 Å². The molecule has 39 heavy (non-hydrogen) atoms. The van der Waals surface area contributed by atoms with Crippen molar-refractivity contribution < 1.29 is 13.2 Å². The molecular formula is C35H32F3N. The summed E-state index contributed by atoms with van der Waals surface area (Å²) in [5.74, 6) is 0.810. The lowest BCUT2D eigenvalue weighted by Crippen LogP contribution is -2.16. The summed E-state index contributed by atoms with van der Waals surface area (Å²) < 4.78 is 40.7. The number of benzene rings is 4. The van der Waals surface area contributed by atoms with Gasteiger partial charge in [-0.15, -0.1) is 0 Å². The van der Waals surface area contributed by atoms with Crippen LogP contribution in [-0.2, 0) is 11.6 Å². The summed E-state index contributed by atoms with van der Waals surface area (Å²) in [5.41, 5.74) is 7.21. The van der Waals surface area contributed by atoms with Crippen molar-refractivity contribution in [2.45, 2.75) is 65.0 Å². The van der Waals surface area contributed by atoms with E-state index in [4.69, 9.17) is 4.98 Å². The van der Waals surface area contributed by atoms with E-state index >= 15 is 0 Å². The Morgan fingerprint density at radius 1 is 0.667 bits per heavy atom. The predicted octanol–water partition coefficient (Wildman–Crippen LogP) is 10.6. The maximum atomic E-state index is 13.6. The lowest BCUT2D eigenvalue weighted by molar-refractivity contribution is -0.137. The monoisotopic (exact) mass is 523 g/mol. The Bertz CT molecular complexity index is 1750. The number of pyridine rings is 1. The molecule has 0 aliphatic heterocycles. The van der Waals surface area contributed by atoms with Gasteiger partial charge in [-0.05, 0) is 91.7 Å². The van der Waals surface area contributed by atoms with Gasteiger partial charge in [0.15, 0.2) is 0 Å². The molecule has 5 aromatic rings. The van der Waals surface area contributed by atoms with Gasteiger partial charge in [-0.1, -0.05) is 77.9 Å². The molecule has 1 aliphatic rings. The van der Waals surface area contributed by atoms with Gasteiger partial charge in [-0.25, -0.2) is 0 Å². The quantitative estimate of drug-likeness (QED) is 0.214. The zero-order valence-electron chi connectivity index (χ0n) is 23.2. The fourth-order valence-corrected chi connectivity index (χ4v) is 6.30. The van der Waals surface area contributed by atoms with E-state index in [1.54, 1.807) is 6.07 Å². The summed E-state index contributed by atoms with van der Waals surface area (Å²) >= 11 is 0. The van der Waals surface area contributed by atoms with Crippen molar-refractivity contribution >= 4 is 21.5 Å². The number of fused-ring (bicyclic) bond motifs is 7. The molecule has 0 bridgehead atoms. The average Bonchev–Trinajstić information content (AvgIpc) is 3.13. The average molecular weight is 524 g/mol. The number of halogens is 3. The van der Waals surface area contributed by atoms with E-state index in [-0.39, 0.29) is 0 Å². The van der Waals surface area contributed by atoms with Crippen LogP contribution in [0.4, 0.5) is 13.2 Å². The normalized spacial score (nSPS) is 14.4. The second-order valence-corrected chi connectivity index (χ2v) is 12.0. The molecule has 0 spiro atoms. The Morgan fingerprint density at radius 3 is 1.92 bits per heavy atom. The number of rotatable bonds is 3. The fraction of sp³-hybridized carbons (Fsp3) is 0.286. The van der Waals surface area contributed by atoms with E-state index < -0.39 is 17.2 Å². The van der Waals surface area contributed by atoms with Crippen LogP contribution in [0.15, 0.2) is 72.9 Å². The largest absolute Gasteiger partial charge is 0.416 e. The fourth-order valence-electron chi connectivity index (χ4n) is 6.30. The minimum atomic E-state index is -4.37. The summed E-state index contributed by atoms with van der Waals surface area (Å²) in [6, 6.07) is 21.4. The summed E-state index contributed by atoms with van der Waals surface area (Å²) in [6.45, 7) is 13.1. The molecule has 0 unspecified atom stereocenters. The smallest absolute Gasteiger partial charge is 0.256 e. The van der Waals surface area contributed by atoms with Gasteiger partial charge >= 0.3 is 6.18 Å². The Labute approximate surface area is 227 Å². The standard InChI is InChI=1S/C35H32F3N/c1-19(2)21-15-22(20(3)4)17-23(16-21)33-29-11-10-27-25(26(29)13-14-39-33)8-9-28-30-18-24(35(36,37)38)7-12-31(30)34(5,6)32(27)28/h7-20H,1-6H3. The van der Waals surface area contributed by atoms with Crippen molar-refractivity contribution in [2.24, 2.45) is 0 Å². The minimum absolute atomic E-state index is 0.405. The second-order valence-electron chi connectivity index (χ2n) is 12.0. The van der Waals surface area contributed by atoms with Gasteiger partial charge in [0.2, 0.25) is 0 Å².